The van der Waals surface area contributed by atoms with E-state index in [1.807, 2.05) is 0 Å². The molecule has 1 unspecified atom stereocenters. The van der Waals surface area contributed by atoms with E-state index in [4.69, 9.17) is 4.74 Å². The number of hydrogen-bond donors (Lipinski definition) is 3. The first-order valence-corrected chi connectivity index (χ1v) is 10.4. The average molecular weight is 420 g/mol. The van der Waals surface area contributed by atoms with Crippen molar-refractivity contribution in [3.8, 4) is 0 Å². The molecule has 2 aromatic rings. The molecule has 0 radical (unpaired) electrons. The molecule has 9 heteroatoms. The zero-order valence-corrected chi connectivity index (χ0v) is 17.2. The van der Waals surface area contributed by atoms with Crippen molar-refractivity contribution in [2.45, 2.75) is 6.04 Å². The zero-order valence-electron chi connectivity index (χ0n) is 16.4. The van der Waals surface area contributed by atoms with Crippen LogP contribution in [0, 0.1) is 5.82 Å². The van der Waals surface area contributed by atoms with Crippen molar-refractivity contribution in [1.82, 2.24) is 15.5 Å². The quantitative estimate of drug-likeness (QED) is 0.473. The first-order valence-electron chi connectivity index (χ1n) is 9.51. The second-order valence-electron chi connectivity index (χ2n) is 6.54. The molecule has 1 aliphatic rings. The molecule has 0 spiro atoms. The van der Waals surface area contributed by atoms with Crippen molar-refractivity contribution in [3.05, 3.63) is 52.5 Å². The van der Waals surface area contributed by atoms with Gasteiger partial charge in [-0.05, 0) is 35.7 Å². The van der Waals surface area contributed by atoms with Crippen molar-refractivity contribution < 1.29 is 13.9 Å². The highest BCUT2D eigenvalue weighted by atomic mass is 32.1. The molecule has 1 aromatic carbocycles. The third kappa shape index (κ3) is 6.52. The second-order valence-corrected chi connectivity index (χ2v) is 7.52. The Bertz CT molecular complexity index is 792. The van der Waals surface area contributed by atoms with Crippen LogP contribution < -0.4 is 16.0 Å². The number of ether oxygens (including phenoxy) is 1. The first-order chi connectivity index (χ1) is 14.2. The normalized spacial score (nSPS) is 16.3. The van der Waals surface area contributed by atoms with Gasteiger partial charge in [0.2, 0.25) is 5.91 Å². The fraction of sp³-hybridized carbons (Fsp3) is 0.400. The number of nitrogens with one attached hydrogen (secondary N) is 3. The van der Waals surface area contributed by atoms with Gasteiger partial charge in [0, 0.05) is 37.2 Å². The molecular formula is C20H26FN5O2S. The number of rotatable bonds is 7. The molecule has 1 atom stereocenters. The molecule has 3 N–H and O–H groups in total. The van der Waals surface area contributed by atoms with Crippen LogP contribution in [0.1, 0.15) is 10.9 Å². The Labute approximate surface area is 174 Å². The lowest BCUT2D eigenvalue weighted by Crippen LogP contribution is -2.47. The number of aliphatic imine (C=N–C) groups is 1. The maximum absolute atomic E-state index is 13.0. The van der Waals surface area contributed by atoms with Crippen LogP contribution in [0.15, 0.2) is 46.8 Å². The fourth-order valence-corrected chi connectivity index (χ4v) is 3.96. The fourth-order valence-electron chi connectivity index (χ4n) is 3.10. The number of halogens is 1. The molecular weight excluding hydrogens is 393 g/mol. The van der Waals surface area contributed by atoms with E-state index in [2.05, 4.69) is 43.4 Å². The van der Waals surface area contributed by atoms with Crippen LogP contribution in [0.3, 0.4) is 0 Å². The number of nitrogens with zero attached hydrogens (tertiary/aromatic N) is 2. The van der Waals surface area contributed by atoms with E-state index in [-0.39, 0.29) is 24.3 Å². The summed E-state index contributed by atoms with van der Waals surface area (Å²) in [4.78, 5) is 20.0. The van der Waals surface area contributed by atoms with E-state index < -0.39 is 0 Å². The third-order valence-electron chi connectivity index (χ3n) is 4.59. The number of carbonyl (C=O) groups is 1. The molecule has 1 saturated heterocycles. The number of amides is 1. The van der Waals surface area contributed by atoms with Crippen LogP contribution >= 0.6 is 11.3 Å². The molecule has 0 saturated carbocycles. The minimum absolute atomic E-state index is 0.0538. The van der Waals surface area contributed by atoms with E-state index in [9.17, 15) is 9.18 Å². The number of morpholine rings is 1. The zero-order chi connectivity index (χ0) is 20.5. The second kappa shape index (κ2) is 10.9. The van der Waals surface area contributed by atoms with Gasteiger partial charge in [0.1, 0.15) is 5.82 Å². The largest absolute Gasteiger partial charge is 0.379 e. The summed E-state index contributed by atoms with van der Waals surface area (Å²) in [7, 11) is 1.67. The topological polar surface area (TPSA) is 78.0 Å². The molecule has 2 heterocycles. The highest BCUT2D eigenvalue weighted by molar-refractivity contribution is 7.10. The summed E-state index contributed by atoms with van der Waals surface area (Å²) in [5.74, 6) is -0.0251. The summed E-state index contributed by atoms with van der Waals surface area (Å²) in [6, 6.07) is 10.1. The highest BCUT2D eigenvalue weighted by Crippen LogP contribution is 2.25. The molecule has 3 rings (SSSR count). The van der Waals surface area contributed by atoms with Gasteiger partial charge < -0.3 is 20.7 Å². The summed E-state index contributed by atoms with van der Waals surface area (Å²) in [5.41, 5.74) is 0.547. The van der Waals surface area contributed by atoms with Crippen molar-refractivity contribution >= 4 is 28.9 Å². The number of thiophene rings is 1. The molecule has 0 bridgehead atoms. The lowest BCUT2D eigenvalue weighted by atomic mass is 10.2. The standard InChI is InChI=1S/C20H26FN5O2S/c1-22-20(24-14-19(27)25-16-6-4-15(21)5-7-16)23-13-17(18-3-2-12-29-18)26-8-10-28-11-9-26/h2-7,12,17H,8-11,13-14H2,1H3,(H,25,27)(H2,22,23,24). The Morgan fingerprint density at radius 3 is 2.66 bits per heavy atom. The van der Waals surface area contributed by atoms with Crippen LogP contribution in [-0.4, -0.2) is 63.2 Å². The van der Waals surface area contributed by atoms with Gasteiger partial charge in [0.15, 0.2) is 5.96 Å². The van der Waals surface area contributed by atoms with Crippen LogP contribution in [0.2, 0.25) is 0 Å². The predicted octanol–water partition coefficient (Wildman–Crippen LogP) is 2.06. The van der Waals surface area contributed by atoms with Gasteiger partial charge in [-0.3, -0.25) is 14.7 Å². The maximum Gasteiger partial charge on any atom is 0.243 e. The number of guanidine groups is 1. The summed E-state index contributed by atoms with van der Waals surface area (Å²) < 4.78 is 18.4. The van der Waals surface area contributed by atoms with Gasteiger partial charge in [0.05, 0.1) is 25.8 Å². The number of benzene rings is 1. The van der Waals surface area contributed by atoms with Crippen LogP contribution in [-0.2, 0) is 9.53 Å². The lowest BCUT2D eigenvalue weighted by Gasteiger charge is -2.34. The van der Waals surface area contributed by atoms with Crippen LogP contribution in [0.5, 0.6) is 0 Å². The van der Waals surface area contributed by atoms with Gasteiger partial charge in [-0.25, -0.2) is 4.39 Å². The van der Waals surface area contributed by atoms with Gasteiger partial charge in [-0.1, -0.05) is 6.07 Å². The molecule has 1 fully saturated rings. The maximum atomic E-state index is 13.0. The molecule has 156 valence electrons. The smallest absolute Gasteiger partial charge is 0.243 e. The number of carbonyl (C=O) groups excluding carboxylic acids is 1. The lowest BCUT2D eigenvalue weighted by molar-refractivity contribution is -0.115. The van der Waals surface area contributed by atoms with E-state index in [0.717, 1.165) is 26.3 Å². The summed E-state index contributed by atoms with van der Waals surface area (Å²) >= 11 is 1.73. The molecule has 0 aliphatic carbocycles. The summed E-state index contributed by atoms with van der Waals surface area (Å²) in [6.07, 6.45) is 0. The van der Waals surface area contributed by atoms with Gasteiger partial charge in [-0.15, -0.1) is 11.3 Å². The highest BCUT2D eigenvalue weighted by Gasteiger charge is 2.23. The number of anilines is 1. The summed E-state index contributed by atoms with van der Waals surface area (Å²) in [5, 5.41) is 11.1. The van der Waals surface area contributed by atoms with Crippen LogP contribution in [0.25, 0.3) is 0 Å². The Balaban J connectivity index is 1.50. The first kappa shape index (κ1) is 21.2. The molecule has 29 heavy (non-hydrogen) atoms. The van der Waals surface area contributed by atoms with Crippen molar-refractivity contribution in [3.63, 3.8) is 0 Å². The average Bonchev–Trinajstić information content (AvgIpc) is 3.27. The Kier molecular flexibility index (Phi) is 7.97. The van der Waals surface area contributed by atoms with Gasteiger partial charge in [-0.2, -0.15) is 0 Å². The number of hydrogen-bond acceptors (Lipinski definition) is 5. The molecule has 7 nitrogen and oxygen atoms in total. The van der Waals surface area contributed by atoms with E-state index in [1.165, 1.54) is 29.1 Å². The van der Waals surface area contributed by atoms with Crippen molar-refractivity contribution in [2.24, 2.45) is 4.99 Å². The van der Waals surface area contributed by atoms with Gasteiger partial charge in [0.25, 0.3) is 0 Å². The molecule has 1 aliphatic heterocycles. The Morgan fingerprint density at radius 1 is 1.24 bits per heavy atom. The summed E-state index contributed by atoms with van der Waals surface area (Å²) in [6.45, 7) is 3.96. The molecule has 1 aromatic heterocycles. The van der Waals surface area contributed by atoms with Crippen molar-refractivity contribution in [1.29, 1.82) is 0 Å². The Hall–Kier alpha value is -2.49. The van der Waals surface area contributed by atoms with Gasteiger partial charge >= 0.3 is 0 Å². The minimum atomic E-state index is -0.341. The van der Waals surface area contributed by atoms with E-state index in [1.54, 1.807) is 18.4 Å². The monoisotopic (exact) mass is 419 g/mol. The SMILES string of the molecule is CN=C(NCC(=O)Nc1ccc(F)cc1)NCC(c1cccs1)N1CCOCC1. The van der Waals surface area contributed by atoms with E-state index >= 15 is 0 Å². The Morgan fingerprint density at radius 2 is 2.00 bits per heavy atom. The van der Waals surface area contributed by atoms with E-state index in [0.29, 0.717) is 18.2 Å². The third-order valence-corrected chi connectivity index (χ3v) is 5.56. The minimum Gasteiger partial charge on any atom is -0.379 e. The predicted molar refractivity (Wildman–Crippen MR) is 114 cm³/mol. The van der Waals surface area contributed by atoms with Crippen LogP contribution in [0.4, 0.5) is 10.1 Å². The van der Waals surface area contributed by atoms with Crippen molar-refractivity contribution in [2.75, 3.05) is 51.8 Å². The molecule has 1 amide bonds.